The molecule has 1 aromatic carbocycles. The number of rotatable bonds is 1. The van der Waals surface area contributed by atoms with E-state index in [4.69, 9.17) is 10.5 Å². The third-order valence-electron chi connectivity index (χ3n) is 2.98. The lowest BCUT2D eigenvalue weighted by Gasteiger charge is -2.18. The molecule has 1 aliphatic rings. The second kappa shape index (κ2) is 6.09. The highest BCUT2D eigenvalue weighted by Crippen LogP contribution is 2.36. The number of allylic oxidation sites excluding steroid dienone is 1. The Morgan fingerprint density at radius 3 is 2.21 bits per heavy atom. The van der Waals surface area contributed by atoms with Crippen molar-refractivity contribution in [3.05, 3.63) is 36.7 Å². The van der Waals surface area contributed by atoms with E-state index in [-0.39, 0.29) is 5.57 Å². The molecule has 0 aliphatic carbocycles. The Morgan fingerprint density at radius 2 is 1.68 bits per heavy atom. The summed E-state index contributed by atoms with van der Waals surface area (Å²) in [5.74, 6) is 0. The Hall–Kier alpha value is -0.820. The van der Waals surface area contributed by atoms with Crippen LogP contribution in [0.25, 0.3) is 0 Å². The summed E-state index contributed by atoms with van der Waals surface area (Å²) in [6.45, 7) is 1.46. The monoisotopic (exact) mass is 443 g/mol. The molecule has 1 fully saturated rings. The van der Waals surface area contributed by atoms with Gasteiger partial charge in [0.2, 0.25) is 0 Å². The van der Waals surface area contributed by atoms with Crippen molar-refractivity contribution in [3.8, 4) is 12.1 Å². The van der Waals surface area contributed by atoms with E-state index in [0.29, 0.717) is 6.54 Å². The summed E-state index contributed by atoms with van der Waals surface area (Å²) in [5.41, 5.74) is 2.23. The largest absolute Gasteiger partial charge is 0.367 e. The van der Waals surface area contributed by atoms with Gasteiger partial charge in [-0.05, 0) is 71.9 Å². The number of hydrogen-bond acceptors (Lipinski definition) is 3. The van der Waals surface area contributed by atoms with Crippen LogP contribution in [0.2, 0.25) is 0 Å². The predicted octanol–water partition coefficient (Wildman–Crippen LogP) is 4.53. The van der Waals surface area contributed by atoms with Crippen LogP contribution in [0.15, 0.2) is 36.7 Å². The lowest BCUT2D eigenvalue weighted by molar-refractivity contribution is 0.966. The highest BCUT2D eigenvalue weighted by molar-refractivity contribution is 9.14. The van der Waals surface area contributed by atoms with E-state index in [1.807, 2.05) is 24.3 Å². The molecule has 0 atom stereocenters. The summed E-state index contributed by atoms with van der Waals surface area (Å²) in [5, 5.41) is 17.8. The Morgan fingerprint density at radius 1 is 1.11 bits per heavy atom. The molecule has 6 heteroatoms. The average molecular weight is 446 g/mol. The van der Waals surface area contributed by atoms with E-state index < -0.39 is 0 Å². The molecule has 2 rings (SSSR count). The van der Waals surface area contributed by atoms with Crippen molar-refractivity contribution >= 4 is 53.5 Å². The zero-order chi connectivity index (χ0) is 14.0. The summed E-state index contributed by atoms with van der Waals surface area (Å²) < 4.78 is 2.91. The molecule has 1 aromatic rings. The Balaban J connectivity index is 2.31. The fraction of sp³-hybridized carbons (Fsp3) is 0.231. The van der Waals surface area contributed by atoms with E-state index >= 15 is 0 Å². The normalized spacial score (nSPS) is 14.2. The number of hydrogen-bond donors (Lipinski definition) is 0. The van der Waals surface area contributed by atoms with E-state index in [1.165, 1.54) is 0 Å². The van der Waals surface area contributed by atoms with Gasteiger partial charge in [0.05, 0.1) is 0 Å². The van der Waals surface area contributed by atoms with Crippen molar-refractivity contribution in [3.63, 3.8) is 0 Å². The third kappa shape index (κ3) is 3.02. The summed E-state index contributed by atoms with van der Waals surface area (Å²) in [7, 11) is 0. The third-order valence-corrected chi connectivity index (χ3v) is 6.15. The first-order valence-corrected chi connectivity index (χ1v) is 7.86. The van der Waals surface area contributed by atoms with Crippen molar-refractivity contribution in [1.29, 1.82) is 10.5 Å². The van der Waals surface area contributed by atoms with Gasteiger partial charge in [-0.15, -0.1) is 0 Å². The van der Waals surface area contributed by atoms with Gasteiger partial charge in [-0.3, -0.25) is 0 Å². The van der Waals surface area contributed by atoms with Crippen LogP contribution < -0.4 is 4.90 Å². The number of benzene rings is 1. The summed E-state index contributed by atoms with van der Waals surface area (Å²) in [6, 6.07) is 7.97. The maximum absolute atomic E-state index is 8.90. The summed E-state index contributed by atoms with van der Waals surface area (Å²) in [6.07, 6.45) is 0.766. The molecule has 1 saturated heterocycles. The van der Waals surface area contributed by atoms with Gasteiger partial charge < -0.3 is 4.90 Å². The fourth-order valence-corrected chi connectivity index (χ4v) is 3.38. The molecule has 0 saturated carbocycles. The Labute approximate surface area is 136 Å². The van der Waals surface area contributed by atoms with Crippen LogP contribution in [-0.4, -0.2) is 13.1 Å². The van der Waals surface area contributed by atoms with Crippen LogP contribution in [0.4, 0.5) is 5.69 Å². The van der Waals surface area contributed by atoms with Gasteiger partial charge in [-0.25, -0.2) is 0 Å². The molecule has 0 radical (unpaired) electrons. The number of halogens is 3. The SMILES string of the molecule is N#CC(C#N)=C1CCN(c2cc(Br)c(Br)c(Br)c2)C1. The smallest absolute Gasteiger partial charge is 0.130 e. The van der Waals surface area contributed by atoms with Crippen LogP contribution in [0, 0.1) is 22.7 Å². The van der Waals surface area contributed by atoms with Crippen LogP contribution in [0.1, 0.15) is 6.42 Å². The number of nitriles is 2. The average Bonchev–Trinajstić information content (AvgIpc) is 2.86. The number of nitrogens with zero attached hydrogens (tertiary/aromatic N) is 3. The lowest BCUT2D eigenvalue weighted by atomic mass is 10.1. The molecule has 0 N–H and O–H groups in total. The molecule has 96 valence electrons. The van der Waals surface area contributed by atoms with Gasteiger partial charge in [-0.2, -0.15) is 10.5 Å². The quantitative estimate of drug-likeness (QED) is 0.471. The van der Waals surface area contributed by atoms with Crippen LogP contribution in [0.3, 0.4) is 0 Å². The molecule has 19 heavy (non-hydrogen) atoms. The van der Waals surface area contributed by atoms with Crippen molar-refractivity contribution < 1.29 is 0 Å². The summed E-state index contributed by atoms with van der Waals surface area (Å²) in [4.78, 5) is 2.16. The minimum absolute atomic E-state index is 0.248. The maximum Gasteiger partial charge on any atom is 0.130 e. The van der Waals surface area contributed by atoms with Crippen LogP contribution in [0.5, 0.6) is 0 Å². The van der Waals surface area contributed by atoms with Gasteiger partial charge in [0, 0.05) is 32.2 Å². The second-order valence-corrected chi connectivity index (χ2v) is 6.60. The fourth-order valence-electron chi connectivity index (χ4n) is 1.99. The predicted molar refractivity (Wildman–Crippen MR) is 84.6 cm³/mol. The Bertz CT molecular complexity index is 599. The molecule has 0 aromatic heterocycles. The molecule has 0 spiro atoms. The number of anilines is 1. The molecule has 1 heterocycles. The first-order chi connectivity index (χ1) is 9.06. The van der Waals surface area contributed by atoms with Crippen molar-refractivity contribution in [2.75, 3.05) is 18.0 Å². The van der Waals surface area contributed by atoms with E-state index in [2.05, 4.69) is 52.7 Å². The van der Waals surface area contributed by atoms with Crippen molar-refractivity contribution in [2.45, 2.75) is 6.42 Å². The highest BCUT2D eigenvalue weighted by atomic mass is 79.9. The lowest BCUT2D eigenvalue weighted by Crippen LogP contribution is -2.18. The van der Waals surface area contributed by atoms with E-state index in [0.717, 1.165) is 37.6 Å². The van der Waals surface area contributed by atoms with Gasteiger partial charge in [0.25, 0.3) is 0 Å². The summed E-state index contributed by atoms with van der Waals surface area (Å²) >= 11 is 10.5. The van der Waals surface area contributed by atoms with E-state index in [9.17, 15) is 0 Å². The topological polar surface area (TPSA) is 50.8 Å². The van der Waals surface area contributed by atoms with Crippen LogP contribution in [-0.2, 0) is 0 Å². The highest BCUT2D eigenvalue weighted by Gasteiger charge is 2.21. The zero-order valence-corrected chi connectivity index (χ0v) is 14.5. The van der Waals surface area contributed by atoms with Gasteiger partial charge in [-0.1, -0.05) is 0 Å². The van der Waals surface area contributed by atoms with Crippen molar-refractivity contribution in [2.24, 2.45) is 0 Å². The minimum atomic E-state index is 0.248. The zero-order valence-electron chi connectivity index (χ0n) is 9.75. The molecule has 0 bridgehead atoms. The molecular formula is C13H8Br3N3. The standard InChI is InChI=1S/C13H8Br3N3/c14-11-3-10(4-12(15)13(11)16)19-2-1-8(7-19)9(5-17)6-18/h3-4H,1-2,7H2. The van der Waals surface area contributed by atoms with Gasteiger partial charge in [0.1, 0.15) is 17.7 Å². The Kier molecular flexibility index (Phi) is 4.67. The molecule has 3 nitrogen and oxygen atoms in total. The van der Waals surface area contributed by atoms with Crippen LogP contribution >= 0.6 is 47.8 Å². The molecule has 0 unspecified atom stereocenters. The first kappa shape index (κ1) is 14.6. The maximum atomic E-state index is 8.90. The second-order valence-electron chi connectivity index (χ2n) is 4.10. The molecule has 1 aliphatic heterocycles. The molecule has 0 amide bonds. The van der Waals surface area contributed by atoms with E-state index in [1.54, 1.807) is 0 Å². The van der Waals surface area contributed by atoms with Gasteiger partial charge in [0.15, 0.2) is 0 Å². The minimum Gasteiger partial charge on any atom is -0.367 e. The van der Waals surface area contributed by atoms with Crippen molar-refractivity contribution in [1.82, 2.24) is 0 Å². The van der Waals surface area contributed by atoms with Gasteiger partial charge >= 0.3 is 0 Å². The first-order valence-electron chi connectivity index (χ1n) is 5.48. The molecular weight excluding hydrogens is 438 g/mol.